The second-order valence-electron chi connectivity index (χ2n) is 4.53. The summed E-state index contributed by atoms with van der Waals surface area (Å²) in [7, 11) is 0. The van der Waals surface area contributed by atoms with Gasteiger partial charge in [0.2, 0.25) is 5.89 Å². The maximum Gasteiger partial charge on any atom is 0.274 e. The molecule has 0 radical (unpaired) electrons. The third kappa shape index (κ3) is 2.97. The summed E-state index contributed by atoms with van der Waals surface area (Å²) in [6.07, 6.45) is 3.25. The molecule has 5 heteroatoms. The molecule has 0 saturated heterocycles. The van der Waals surface area contributed by atoms with E-state index in [2.05, 4.69) is 15.3 Å². The third-order valence-electron chi connectivity index (χ3n) is 2.89. The number of amides is 1. The van der Waals surface area contributed by atoms with E-state index in [0.29, 0.717) is 17.3 Å². The second-order valence-corrected chi connectivity index (χ2v) is 4.53. The Bertz CT molecular complexity index is 766. The third-order valence-corrected chi connectivity index (χ3v) is 2.89. The monoisotopic (exact) mass is 279 g/mol. The zero-order chi connectivity index (χ0) is 14.7. The van der Waals surface area contributed by atoms with Crippen molar-refractivity contribution in [1.82, 2.24) is 9.97 Å². The van der Waals surface area contributed by atoms with E-state index in [9.17, 15) is 4.79 Å². The van der Waals surface area contributed by atoms with Gasteiger partial charge in [-0.2, -0.15) is 0 Å². The van der Waals surface area contributed by atoms with Gasteiger partial charge in [-0.25, -0.2) is 4.98 Å². The fourth-order valence-electron chi connectivity index (χ4n) is 1.91. The standard InChI is InChI=1S/C16H13N3O2/c1-11-10-18-16(21-11)12-5-4-6-13(9-12)19-15(20)14-7-2-3-8-17-14/h2-10H,1H3,(H,19,20). The molecule has 0 aliphatic rings. The lowest BCUT2D eigenvalue weighted by molar-refractivity contribution is 0.102. The molecule has 0 spiro atoms. The predicted molar refractivity (Wildman–Crippen MR) is 78.9 cm³/mol. The first-order chi connectivity index (χ1) is 10.2. The molecule has 104 valence electrons. The average Bonchev–Trinajstić information content (AvgIpc) is 2.95. The number of aryl methyl sites for hydroxylation is 1. The molecule has 0 fully saturated rings. The summed E-state index contributed by atoms with van der Waals surface area (Å²) in [6.45, 7) is 1.84. The Labute approximate surface area is 121 Å². The Balaban J connectivity index is 1.82. The number of anilines is 1. The van der Waals surface area contributed by atoms with Crippen molar-refractivity contribution in [2.24, 2.45) is 0 Å². The van der Waals surface area contributed by atoms with Crippen molar-refractivity contribution < 1.29 is 9.21 Å². The lowest BCUT2D eigenvalue weighted by Gasteiger charge is -2.05. The van der Waals surface area contributed by atoms with Gasteiger partial charge in [0.1, 0.15) is 11.5 Å². The molecule has 0 atom stereocenters. The van der Waals surface area contributed by atoms with Gasteiger partial charge in [0, 0.05) is 17.4 Å². The van der Waals surface area contributed by atoms with Gasteiger partial charge in [-0.05, 0) is 37.3 Å². The fraction of sp³-hybridized carbons (Fsp3) is 0.0625. The van der Waals surface area contributed by atoms with Gasteiger partial charge in [-0.15, -0.1) is 0 Å². The van der Waals surface area contributed by atoms with E-state index < -0.39 is 0 Å². The van der Waals surface area contributed by atoms with E-state index in [0.717, 1.165) is 11.3 Å². The molecule has 0 aliphatic carbocycles. The summed E-state index contributed by atoms with van der Waals surface area (Å²) in [4.78, 5) is 20.2. The number of pyridine rings is 1. The molecule has 0 bridgehead atoms. The van der Waals surface area contributed by atoms with Crippen molar-refractivity contribution in [3.63, 3.8) is 0 Å². The first kappa shape index (κ1) is 13.1. The number of hydrogen-bond donors (Lipinski definition) is 1. The lowest BCUT2D eigenvalue weighted by atomic mass is 10.2. The van der Waals surface area contributed by atoms with Crippen molar-refractivity contribution in [3.05, 3.63) is 66.3 Å². The van der Waals surface area contributed by atoms with Crippen LogP contribution in [0.2, 0.25) is 0 Å². The molecule has 1 N–H and O–H groups in total. The van der Waals surface area contributed by atoms with E-state index in [1.54, 1.807) is 36.7 Å². The van der Waals surface area contributed by atoms with E-state index in [1.807, 2.05) is 25.1 Å². The maximum atomic E-state index is 12.1. The highest BCUT2D eigenvalue weighted by molar-refractivity contribution is 6.03. The molecular weight excluding hydrogens is 266 g/mol. The Hall–Kier alpha value is -2.95. The van der Waals surface area contributed by atoms with Gasteiger partial charge >= 0.3 is 0 Å². The molecule has 1 amide bonds. The largest absolute Gasteiger partial charge is 0.441 e. The summed E-state index contributed by atoms with van der Waals surface area (Å²) in [5.74, 6) is 1.02. The molecule has 0 unspecified atom stereocenters. The Morgan fingerprint density at radius 2 is 2.05 bits per heavy atom. The minimum atomic E-state index is -0.253. The van der Waals surface area contributed by atoms with Crippen LogP contribution in [0.15, 0.2) is 59.3 Å². The summed E-state index contributed by atoms with van der Waals surface area (Å²) in [5.41, 5.74) is 1.84. The van der Waals surface area contributed by atoms with E-state index in [-0.39, 0.29) is 5.91 Å². The Morgan fingerprint density at radius 3 is 2.76 bits per heavy atom. The molecule has 1 aromatic carbocycles. The fourth-order valence-corrected chi connectivity index (χ4v) is 1.91. The van der Waals surface area contributed by atoms with E-state index in [4.69, 9.17) is 4.42 Å². The lowest BCUT2D eigenvalue weighted by Crippen LogP contribution is -2.13. The van der Waals surface area contributed by atoms with Crippen LogP contribution in [0, 0.1) is 6.92 Å². The highest BCUT2D eigenvalue weighted by atomic mass is 16.4. The minimum absolute atomic E-state index is 0.253. The zero-order valence-electron chi connectivity index (χ0n) is 11.4. The topological polar surface area (TPSA) is 68.0 Å². The maximum absolute atomic E-state index is 12.1. The highest BCUT2D eigenvalue weighted by Gasteiger charge is 2.09. The molecule has 2 heterocycles. The van der Waals surface area contributed by atoms with Crippen LogP contribution >= 0.6 is 0 Å². The van der Waals surface area contributed by atoms with Crippen molar-refractivity contribution in [3.8, 4) is 11.5 Å². The van der Waals surface area contributed by atoms with Crippen molar-refractivity contribution >= 4 is 11.6 Å². The Morgan fingerprint density at radius 1 is 1.14 bits per heavy atom. The van der Waals surface area contributed by atoms with Crippen LogP contribution in [0.1, 0.15) is 16.2 Å². The summed E-state index contributed by atoms with van der Waals surface area (Å²) >= 11 is 0. The first-order valence-corrected chi connectivity index (χ1v) is 6.47. The number of carbonyl (C=O) groups is 1. The van der Waals surface area contributed by atoms with Crippen molar-refractivity contribution in [1.29, 1.82) is 0 Å². The number of rotatable bonds is 3. The molecule has 0 aliphatic heterocycles. The summed E-state index contributed by atoms with van der Waals surface area (Å²) < 4.78 is 5.48. The van der Waals surface area contributed by atoms with Crippen LogP contribution in [0.5, 0.6) is 0 Å². The first-order valence-electron chi connectivity index (χ1n) is 6.47. The van der Waals surface area contributed by atoms with Crippen LogP contribution < -0.4 is 5.32 Å². The Kier molecular flexibility index (Phi) is 3.47. The number of nitrogens with zero attached hydrogens (tertiary/aromatic N) is 2. The smallest absolute Gasteiger partial charge is 0.274 e. The normalized spacial score (nSPS) is 10.3. The minimum Gasteiger partial charge on any atom is -0.441 e. The van der Waals surface area contributed by atoms with Gasteiger partial charge in [0.05, 0.1) is 6.20 Å². The van der Waals surface area contributed by atoms with Gasteiger partial charge < -0.3 is 9.73 Å². The van der Waals surface area contributed by atoms with E-state index in [1.165, 1.54) is 0 Å². The van der Waals surface area contributed by atoms with Gasteiger partial charge in [0.15, 0.2) is 0 Å². The molecule has 3 aromatic rings. The summed E-state index contributed by atoms with van der Waals surface area (Å²) in [6, 6.07) is 12.5. The highest BCUT2D eigenvalue weighted by Crippen LogP contribution is 2.22. The number of benzene rings is 1. The number of aromatic nitrogens is 2. The van der Waals surface area contributed by atoms with Crippen LogP contribution in [-0.4, -0.2) is 15.9 Å². The number of nitrogens with one attached hydrogen (secondary N) is 1. The SMILES string of the molecule is Cc1cnc(-c2cccc(NC(=O)c3ccccn3)c2)o1. The predicted octanol–water partition coefficient (Wildman–Crippen LogP) is 3.30. The molecule has 21 heavy (non-hydrogen) atoms. The second kappa shape index (κ2) is 5.58. The molecule has 3 rings (SSSR count). The number of hydrogen-bond acceptors (Lipinski definition) is 4. The van der Waals surface area contributed by atoms with Crippen LogP contribution in [-0.2, 0) is 0 Å². The number of carbonyl (C=O) groups excluding carboxylic acids is 1. The van der Waals surface area contributed by atoms with Crippen molar-refractivity contribution in [2.45, 2.75) is 6.92 Å². The van der Waals surface area contributed by atoms with Gasteiger partial charge in [-0.3, -0.25) is 9.78 Å². The van der Waals surface area contributed by atoms with E-state index >= 15 is 0 Å². The molecular formula is C16H13N3O2. The van der Waals surface area contributed by atoms with Crippen molar-refractivity contribution in [2.75, 3.05) is 5.32 Å². The number of oxazole rings is 1. The molecule has 2 aromatic heterocycles. The van der Waals surface area contributed by atoms with Crippen LogP contribution in [0.25, 0.3) is 11.5 Å². The zero-order valence-corrected chi connectivity index (χ0v) is 11.4. The van der Waals surface area contributed by atoms with Crippen LogP contribution in [0.3, 0.4) is 0 Å². The average molecular weight is 279 g/mol. The van der Waals surface area contributed by atoms with Gasteiger partial charge in [0.25, 0.3) is 5.91 Å². The molecule has 0 saturated carbocycles. The van der Waals surface area contributed by atoms with Gasteiger partial charge in [-0.1, -0.05) is 12.1 Å². The summed E-state index contributed by atoms with van der Waals surface area (Å²) in [5, 5.41) is 2.80. The quantitative estimate of drug-likeness (QED) is 0.798. The van der Waals surface area contributed by atoms with Crippen LogP contribution in [0.4, 0.5) is 5.69 Å². The molecule has 5 nitrogen and oxygen atoms in total.